The van der Waals surface area contributed by atoms with Crippen LogP contribution < -0.4 is 10.6 Å². The molecule has 2 unspecified atom stereocenters. The monoisotopic (exact) mass is 328 g/mol. The van der Waals surface area contributed by atoms with Gasteiger partial charge in [0.2, 0.25) is 0 Å². The molecule has 24 heavy (non-hydrogen) atoms. The Kier molecular flexibility index (Phi) is 7.26. The summed E-state index contributed by atoms with van der Waals surface area (Å²) in [5, 5.41) is 15.1. The quantitative estimate of drug-likeness (QED) is 0.696. The van der Waals surface area contributed by atoms with Crippen molar-refractivity contribution in [2.45, 2.75) is 18.6 Å². The Morgan fingerprint density at radius 1 is 1.08 bits per heavy atom. The molecule has 5 nitrogen and oxygen atoms in total. The summed E-state index contributed by atoms with van der Waals surface area (Å²) in [6, 6.07) is 18.8. The lowest BCUT2D eigenvalue weighted by atomic mass is 10.1. The molecule has 2 atom stereocenters. The van der Waals surface area contributed by atoms with Crippen molar-refractivity contribution in [1.82, 2.24) is 10.6 Å². The Morgan fingerprint density at radius 3 is 2.29 bits per heavy atom. The van der Waals surface area contributed by atoms with Crippen LogP contribution >= 0.6 is 0 Å². The number of methoxy groups -OCH3 is 1. The molecule has 0 aliphatic heterocycles. The van der Waals surface area contributed by atoms with E-state index in [9.17, 15) is 9.90 Å². The lowest BCUT2D eigenvalue weighted by Gasteiger charge is -2.20. The molecule has 0 aromatic heterocycles. The molecule has 0 bridgehead atoms. The normalized spacial score (nSPS) is 13.1. The average Bonchev–Trinajstić information content (AvgIpc) is 2.63. The molecule has 2 aromatic carbocycles. The number of benzene rings is 2. The highest BCUT2D eigenvalue weighted by molar-refractivity contribution is 5.74. The lowest BCUT2D eigenvalue weighted by molar-refractivity contribution is 0.103. The van der Waals surface area contributed by atoms with Gasteiger partial charge in [0.1, 0.15) is 0 Å². The first-order valence-electron chi connectivity index (χ1n) is 7.99. The number of hydrogen-bond acceptors (Lipinski definition) is 3. The van der Waals surface area contributed by atoms with E-state index in [0.717, 1.165) is 11.1 Å². The summed E-state index contributed by atoms with van der Waals surface area (Å²) in [6.45, 7) is 0.241. The summed E-state index contributed by atoms with van der Waals surface area (Å²) in [5.74, 6) is 0. The zero-order valence-electron chi connectivity index (χ0n) is 13.8. The van der Waals surface area contributed by atoms with Crippen LogP contribution in [0.2, 0.25) is 0 Å². The number of rotatable bonds is 8. The molecule has 0 spiro atoms. The van der Waals surface area contributed by atoms with Gasteiger partial charge in [-0.3, -0.25) is 0 Å². The van der Waals surface area contributed by atoms with Crippen LogP contribution in [0.3, 0.4) is 0 Å². The second-order valence-electron chi connectivity index (χ2n) is 5.56. The molecule has 0 fully saturated rings. The van der Waals surface area contributed by atoms with Crippen LogP contribution in [0.4, 0.5) is 4.79 Å². The highest BCUT2D eigenvalue weighted by Crippen LogP contribution is 2.14. The fraction of sp³-hybridized carbons (Fsp3) is 0.316. The molecule has 3 N–H and O–H groups in total. The highest BCUT2D eigenvalue weighted by atomic mass is 16.5. The number of carbonyl (C=O) groups excluding carboxylic acids is 1. The summed E-state index contributed by atoms with van der Waals surface area (Å²) in [5.41, 5.74) is 2.07. The van der Waals surface area contributed by atoms with Crippen molar-refractivity contribution in [3.05, 3.63) is 71.8 Å². The SMILES string of the molecule is COC(CNC(=O)NC(CO)Cc1ccccc1)c1ccccc1. The molecule has 5 heteroatoms. The van der Waals surface area contributed by atoms with Crippen LogP contribution in [0.15, 0.2) is 60.7 Å². The van der Waals surface area contributed by atoms with Crippen molar-refractivity contribution in [1.29, 1.82) is 0 Å². The molecule has 0 saturated heterocycles. The van der Waals surface area contributed by atoms with Crippen molar-refractivity contribution in [2.75, 3.05) is 20.3 Å². The predicted octanol–water partition coefficient (Wildman–Crippen LogP) is 2.28. The number of urea groups is 1. The summed E-state index contributed by atoms with van der Waals surface area (Å²) >= 11 is 0. The predicted molar refractivity (Wildman–Crippen MR) is 93.7 cm³/mol. The van der Waals surface area contributed by atoms with Gasteiger partial charge in [-0.2, -0.15) is 0 Å². The van der Waals surface area contributed by atoms with E-state index in [1.165, 1.54) is 0 Å². The summed E-state index contributed by atoms with van der Waals surface area (Å²) in [7, 11) is 1.61. The van der Waals surface area contributed by atoms with Gasteiger partial charge in [0.05, 0.1) is 18.8 Å². The largest absolute Gasteiger partial charge is 0.394 e. The third-order valence-electron chi connectivity index (χ3n) is 3.78. The second-order valence-corrected chi connectivity index (χ2v) is 5.56. The lowest BCUT2D eigenvalue weighted by Crippen LogP contribution is -2.46. The molecule has 0 saturated carbocycles. The molecular weight excluding hydrogens is 304 g/mol. The van der Waals surface area contributed by atoms with Gasteiger partial charge in [0.25, 0.3) is 0 Å². The smallest absolute Gasteiger partial charge is 0.315 e. The summed E-state index contributed by atoms with van der Waals surface area (Å²) < 4.78 is 5.42. The topological polar surface area (TPSA) is 70.6 Å². The Hall–Kier alpha value is -2.37. The van der Waals surface area contributed by atoms with Crippen LogP contribution in [0.25, 0.3) is 0 Å². The van der Waals surface area contributed by atoms with E-state index < -0.39 is 0 Å². The van der Waals surface area contributed by atoms with Crippen LogP contribution in [-0.2, 0) is 11.2 Å². The van der Waals surface area contributed by atoms with E-state index in [-0.39, 0.29) is 24.8 Å². The molecule has 0 aliphatic rings. The summed E-state index contributed by atoms with van der Waals surface area (Å²) in [4.78, 5) is 12.1. The Morgan fingerprint density at radius 2 is 1.71 bits per heavy atom. The second kappa shape index (κ2) is 9.70. The van der Waals surface area contributed by atoms with Crippen molar-refractivity contribution in [3.8, 4) is 0 Å². The molecule has 2 rings (SSSR count). The van der Waals surface area contributed by atoms with Crippen molar-refractivity contribution in [3.63, 3.8) is 0 Å². The number of hydrogen-bond donors (Lipinski definition) is 3. The van der Waals surface area contributed by atoms with Gasteiger partial charge in [0.15, 0.2) is 0 Å². The molecule has 0 heterocycles. The maximum atomic E-state index is 12.1. The van der Waals surface area contributed by atoms with Crippen molar-refractivity contribution in [2.24, 2.45) is 0 Å². The minimum Gasteiger partial charge on any atom is -0.394 e. The molecule has 0 radical (unpaired) electrons. The van der Waals surface area contributed by atoms with E-state index >= 15 is 0 Å². The maximum absolute atomic E-state index is 12.1. The van der Waals surface area contributed by atoms with Crippen LogP contribution in [0, 0.1) is 0 Å². The highest BCUT2D eigenvalue weighted by Gasteiger charge is 2.15. The van der Waals surface area contributed by atoms with Gasteiger partial charge >= 0.3 is 6.03 Å². The molecule has 2 amide bonds. The number of aliphatic hydroxyl groups excluding tert-OH is 1. The number of amides is 2. The fourth-order valence-corrected chi connectivity index (χ4v) is 2.49. The van der Waals surface area contributed by atoms with Crippen LogP contribution in [-0.4, -0.2) is 37.4 Å². The van der Waals surface area contributed by atoms with Crippen molar-refractivity contribution >= 4 is 6.03 Å². The third kappa shape index (κ3) is 5.68. The summed E-state index contributed by atoms with van der Waals surface area (Å²) in [6.07, 6.45) is 0.371. The number of carbonyl (C=O) groups is 1. The molecule has 128 valence electrons. The molecule has 2 aromatic rings. The van der Waals surface area contributed by atoms with Gasteiger partial charge in [-0.1, -0.05) is 60.7 Å². The number of nitrogens with one attached hydrogen (secondary N) is 2. The van der Waals surface area contributed by atoms with E-state index in [1.807, 2.05) is 60.7 Å². The first kappa shape index (κ1) is 18.0. The minimum atomic E-state index is -0.329. The number of ether oxygens (including phenoxy) is 1. The first-order chi connectivity index (χ1) is 11.7. The van der Waals surface area contributed by atoms with Gasteiger partial charge in [0, 0.05) is 13.7 Å². The van der Waals surface area contributed by atoms with Gasteiger partial charge in [-0.05, 0) is 17.5 Å². The van der Waals surface area contributed by atoms with Crippen LogP contribution in [0.1, 0.15) is 17.2 Å². The zero-order chi connectivity index (χ0) is 17.2. The van der Waals surface area contributed by atoms with Gasteiger partial charge in [-0.25, -0.2) is 4.79 Å². The fourth-order valence-electron chi connectivity index (χ4n) is 2.49. The van der Waals surface area contributed by atoms with Crippen molar-refractivity contribution < 1.29 is 14.6 Å². The standard InChI is InChI=1S/C19H24N2O3/c1-24-18(16-10-6-3-7-11-16)13-20-19(23)21-17(14-22)12-15-8-4-2-5-9-15/h2-11,17-18,22H,12-14H2,1H3,(H2,20,21,23). The third-order valence-corrected chi connectivity index (χ3v) is 3.78. The zero-order valence-corrected chi connectivity index (χ0v) is 13.8. The minimum absolute atomic E-state index is 0.116. The van der Waals surface area contributed by atoms with Gasteiger partial charge in [-0.15, -0.1) is 0 Å². The Balaban J connectivity index is 1.82. The van der Waals surface area contributed by atoms with E-state index in [0.29, 0.717) is 13.0 Å². The Bertz CT molecular complexity index is 605. The van der Waals surface area contributed by atoms with Gasteiger partial charge < -0.3 is 20.5 Å². The average molecular weight is 328 g/mol. The van der Waals surface area contributed by atoms with Crippen LogP contribution in [0.5, 0.6) is 0 Å². The maximum Gasteiger partial charge on any atom is 0.315 e. The van der Waals surface area contributed by atoms with E-state index in [4.69, 9.17) is 4.74 Å². The first-order valence-corrected chi connectivity index (χ1v) is 7.99. The molecule has 0 aliphatic carbocycles. The van der Waals surface area contributed by atoms with E-state index in [2.05, 4.69) is 10.6 Å². The van der Waals surface area contributed by atoms with E-state index in [1.54, 1.807) is 7.11 Å². The Labute approximate surface area is 142 Å². The number of aliphatic hydroxyl groups is 1. The molecular formula is C19H24N2O3.